The highest BCUT2D eigenvalue weighted by molar-refractivity contribution is 7.11. The highest BCUT2D eigenvalue weighted by atomic mass is 32.1. The summed E-state index contributed by atoms with van der Waals surface area (Å²) in [5, 5.41) is 16.0. The number of carbonyl (C=O) groups is 1. The maximum Gasteiger partial charge on any atom is 0.263 e. The molecule has 0 aliphatic carbocycles. The number of amides is 1. The first-order chi connectivity index (χ1) is 8.22. The third kappa shape index (κ3) is 2.51. The quantitative estimate of drug-likeness (QED) is 0.822. The number of nitrogens with one attached hydrogen (secondary N) is 1. The molecule has 17 heavy (non-hydrogen) atoms. The van der Waals surface area contributed by atoms with Gasteiger partial charge in [0.05, 0.1) is 30.1 Å². The molecular weight excluding hydrogens is 240 g/mol. The van der Waals surface area contributed by atoms with Crippen molar-refractivity contribution in [2.45, 2.75) is 6.04 Å². The number of aliphatic hydroxyl groups is 1. The predicted octanol–water partition coefficient (Wildman–Crippen LogP) is 0.340. The molecule has 0 spiro atoms. The monoisotopic (exact) mass is 252 g/mol. The average Bonchev–Trinajstić information content (AvgIpc) is 2.96. The van der Waals surface area contributed by atoms with Crippen molar-refractivity contribution in [3.8, 4) is 0 Å². The molecule has 0 aliphatic rings. The van der Waals surface area contributed by atoms with Crippen LogP contribution in [0.3, 0.4) is 0 Å². The van der Waals surface area contributed by atoms with E-state index in [0.29, 0.717) is 4.88 Å². The largest absolute Gasteiger partial charge is 0.394 e. The number of aliphatic hydroxyl groups excluding tert-OH is 1. The first-order valence-corrected chi connectivity index (χ1v) is 5.88. The molecule has 2 aromatic rings. The number of aryl methyl sites for hydroxylation is 1. The van der Waals surface area contributed by atoms with Gasteiger partial charge < -0.3 is 10.4 Å². The number of hydrogen-bond donors (Lipinski definition) is 2. The molecule has 0 fully saturated rings. The Hall–Kier alpha value is -1.73. The van der Waals surface area contributed by atoms with Crippen LogP contribution in [0.25, 0.3) is 0 Å². The minimum absolute atomic E-state index is 0.177. The van der Waals surface area contributed by atoms with E-state index in [2.05, 4.69) is 15.4 Å². The smallest absolute Gasteiger partial charge is 0.263 e. The van der Waals surface area contributed by atoms with Gasteiger partial charge in [0.1, 0.15) is 4.88 Å². The zero-order valence-electron chi connectivity index (χ0n) is 9.20. The topological polar surface area (TPSA) is 80.0 Å². The Morgan fingerprint density at radius 3 is 3.06 bits per heavy atom. The van der Waals surface area contributed by atoms with Crippen molar-refractivity contribution >= 4 is 17.2 Å². The summed E-state index contributed by atoms with van der Waals surface area (Å²) in [7, 11) is 1.76. The number of aromatic nitrogens is 3. The van der Waals surface area contributed by atoms with Crippen LogP contribution in [0.4, 0.5) is 0 Å². The predicted molar refractivity (Wildman–Crippen MR) is 62.6 cm³/mol. The summed E-state index contributed by atoms with van der Waals surface area (Å²) in [5.74, 6) is -0.243. The van der Waals surface area contributed by atoms with Crippen molar-refractivity contribution in [3.63, 3.8) is 0 Å². The minimum Gasteiger partial charge on any atom is -0.394 e. The number of nitrogens with zero attached hydrogens (tertiary/aromatic N) is 3. The second-order valence-electron chi connectivity index (χ2n) is 3.45. The van der Waals surface area contributed by atoms with E-state index < -0.39 is 6.04 Å². The Labute approximate surface area is 102 Å². The van der Waals surface area contributed by atoms with Crippen molar-refractivity contribution in [2.24, 2.45) is 7.05 Å². The number of carbonyl (C=O) groups excluding carboxylic acids is 1. The highest BCUT2D eigenvalue weighted by Crippen LogP contribution is 2.13. The molecule has 90 valence electrons. The number of hydrogen-bond acceptors (Lipinski definition) is 5. The molecule has 0 radical (unpaired) electrons. The minimum atomic E-state index is -0.461. The second-order valence-corrected chi connectivity index (χ2v) is 4.34. The molecule has 0 saturated carbocycles. The van der Waals surface area contributed by atoms with Crippen LogP contribution in [-0.4, -0.2) is 32.4 Å². The summed E-state index contributed by atoms with van der Waals surface area (Å²) in [6, 6.07) is 1.30. The van der Waals surface area contributed by atoms with E-state index in [1.807, 2.05) is 0 Å². The van der Waals surface area contributed by atoms with E-state index in [1.54, 1.807) is 29.5 Å². The molecule has 2 aromatic heterocycles. The van der Waals surface area contributed by atoms with Crippen LogP contribution >= 0.6 is 11.3 Å². The fourth-order valence-electron chi connectivity index (χ4n) is 1.50. The molecule has 0 aliphatic heterocycles. The van der Waals surface area contributed by atoms with Gasteiger partial charge >= 0.3 is 0 Å². The molecule has 6 nitrogen and oxygen atoms in total. The normalized spacial score (nSPS) is 12.4. The van der Waals surface area contributed by atoms with Crippen LogP contribution in [0.1, 0.15) is 21.4 Å². The van der Waals surface area contributed by atoms with Crippen molar-refractivity contribution in [1.29, 1.82) is 0 Å². The van der Waals surface area contributed by atoms with Crippen LogP contribution in [0.15, 0.2) is 24.0 Å². The number of rotatable bonds is 4. The van der Waals surface area contributed by atoms with Gasteiger partial charge in [-0.05, 0) is 6.07 Å². The Bertz CT molecular complexity index is 494. The first-order valence-electron chi connectivity index (χ1n) is 5.00. The summed E-state index contributed by atoms with van der Waals surface area (Å²) in [4.78, 5) is 16.2. The van der Waals surface area contributed by atoms with Gasteiger partial charge in [0.2, 0.25) is 0 Å². The summed E-state index contributed by atoms with van der Waals surface area (Å²) < 4.78 is 1.62. The molecule has 1 amide bonds. The van der Waals surface area contributed by atoms with Gasteiger partial charge in [-0.25, -0.2) is 0 Å². The lowest BCUT2D eigenvalue weighted by atomic mass is 10.2. The fourth-order valence-corrected chi connectivity index (χ4v) is 2.02. The van der Waals surface area contributed by atoms with Crippen molar-refractivity contribution < 1.29 is 9.90 Å². The van der Waals surface area contributed by atoms with Gasteiger partial charge in [-0.15, -0.1) is 11.3 Å². The van der Waals surface area contributed by atoms with Crippen LogP contribution < -0.4 is 5.32 Å². The zero-order chi connectivity index (χ0) is 12.3. The molecule has 0 aromatic carbocycles. The fraction of sp³-hybridized carbons (Fsp3) is 0.300. The average molecular weight is 252 g/mol. The lowest BCUT2D eigenvalue weighted by molar-refractivity contribution is 0.0917. The molecule has 7 heteroatoms. The molecule has 0 saturated heterocycles. The SMILES string of the molecule is Cn1nccc1C(CO)NC(=O)c1cncs1. The second kappa shape index (κ2) is 5.07. The summed E-state index contributed by atoms with van der Waals surface area (Å²) in [6.07, 6.45) is 3.12. The Balaban J connectivity index is 2.11. The van der Waals surface area contributed by atoms with Gasteiger partial charge in [0, 0.05) is 13.2 Å². The maximum atomic E-state index is 11.8. The molecule has 2 rings (SSSR count). The van der Waals surface area contributed by atoms with E-state index >= 15 is 0 Å². The lowest BCUT2D eigenvalue weighted by Crippen LogP contribution is -2.31. The van der Waals surface area contributed by atoms with Crippen LogP contribution in [0, 0.1) is 0 Å². The number of thiazole rings is 1. The molecule has 2 heterocycles. The van der Waals surface area contributed by atoms with E-state index in [-0.39, 0.29) is 12.5 Å². The Morgan fingerprint density at radius 2 is 2.53 bits per heavy atom. The summed E-state index contributed by atoms with van der Waals surface area (Å²) in [5.41, 5.74) is 2.35. The van der Waals surface area contributed by atoms with Gasteiger partial charge in [0.25, 0.3) is 5.91 Å². The molecule has 0 bridgehead atoms. The lowest BCUT2D eigenvalue weighted by Gasteiger charge is -2.15. The molecular formula is C10H12N4O2S. The van der Waals surface area contributed by atoms with Gasteiger partial charge in [0.15, 0.2) is 0 Å². The molecule has 1 unspecified atom stereocenters. The highest BCUT2D eigenvalue weighted by Gasteiger charge is 2.18. The van der Waals surface area contributed by atoms with Crippen LogP contribution in [-0.2, 0) is 7.05 Å². The van der Waals surface area contributed by atoms with Gasteiger partial charge in [-0.1, -0.05) is 0 Å². The van der Waals surface area contributed by atoms with E-state index in [0.717, 1.165) is 5.69 Å². The molecule has 2 N–H and O–H groups in total. The van der Waals surface area contributed by atoms with E-state index in [9.17, 15) is 9.90 Å². The third-order valence-corrected chi connectivity index (χ3v) is 3.13. The van der Waals surface area contributed by atoms with Crippen molar-refractivity contribution in [2.75, 3.05) is 6.61 Å². The summed E-state index contributed by atoms with van der Waals surface area (Å²) >= 11 is 1.26. The van der Waals surface area contributed by atoms with Crippen molar-refractivity contribution in [3.05, 3.63) is 34.5 Å². The molecule has 1 atom stereocenters. The van der Waals surface area contributed by atoms with Crippen molar-refractivity contribution in [1.82, 2.24) is 20.1 Å². The van der Waals surface area contributed by atoms with E-state index in [4.69, 9.17) is 0 Å². The maximum absolute atomic E-state index is 11.8. The van der Waals surface area contributed by atoms with Gasteiger partial charge in [-0.3, -0.25) is 14.5 Å². The van der Waals surface area contributed by atoms with E-state index in [1.165, 1.54) is 17.5 Å². The standard InChI is InChI=1S/C10H12N4O2S/c1-14-8(2-3-12-14)7(5-15)13-10(16)9-4-11-6-17-9/h2-4,6-7,15H,5H2,1H3,(H,13,16). The van der Waals surface area contributed by atoms with Crippen LogP contribution in [0.2, 0.25) is 0 Å². The Kier molecular flexibility index (Phi) is 3.50. The first kappa shape index (κ1) is 11.7. The van der Waals surface area contributed by atoms with Crippen LogP contribution in [0.5, 0.6) is 0 Å². The zero-order valence-corrected chi connectivity index (χ0v) is 10.0. The Morgan fingerprint density at radius 1 is 1.71 bits per heavy atom. The van der Waals surface area contributed by atoms with Gasteiger partial charge in [-0.2, -0.15) is 5.10 Å². The third-order valence-electron chi connectivity index (χ3n) is 2.36. The summed E-state index contributed by atoms with van der Waals surface area (Å²) in [6.45, 7) is -0.177.